The van der Waals surface area contributed by atoms with Crippen LogP contribution in [0.2, 0.25) is 0 Å². The van der Waals surface area contributed by atoms with E-state index in [1.54, 1.807) is 0 Å². The first-order chi connectivity index (χ1) is 5.84. The maximum atomic E-state index is 9.43. The maximum absolute atomic E-state index is 9.43. The molecule has 0 amide bonds. The van der Waals surface area contributed by atoms with Gasteiger partial charge in [0.15, 0.2) is 0 Å². The van der Waals surface area contributed by atoms with Gasteiger partial charge in [-0.25, -0.2) is 0 Å². The van der Waals surface area contributed by atoms with Crippen LogP contribution in [0.5, 0.6) is 0 Å². The number of nitrogens with zero attached hydrogens (tertiary/aromatic N) is 1. The molecule has 1 fully saturated rings. The fourth-order valence-corrected chi connectivity index (χ4v) is 1.44. The molecule has 2 nitrogen and oxygen atoms in total. The van der Waals surface area contributed by atoms with Gasteiger partial charge in [0, 0.05) is 6.54 Å². The summed E-state index contributed by atoms with van der Waals surface area (Å²) in [5, 5.41) is 10.9. The van der Waals surface area contributed by atoms with Gasteiger partial charge in [-0.3, -0.25) is 0 Å². The molecule has 1 heterocycles. The second kappa shape index (κ2) is 5.12. The molecule has 0 aromatic heterocycles. The average molecular weight is 167 g/mol. The molecule has 1 saturated heterocycles. The zero-order valence-electron chi connectivity index (χ0n) is 7.61. The molecule has 0 spiro atoms. The molecule has 0 saturated carbocycles. The third-order valence-electron chi connectivity index (χ3n) is 2.16. The summed E-state index contributed by atoms with van der Waals surface area (Å²) in [5.41, 5.74) is 0. The van der Waals surface area contributed by atoms with Crippen molar-refractivity contribution in [3.8, 4) is 0 Å². The van der Waals surface area contributed by atoms with Crippen molar-refractivity contribution >= 4 is 0 Å². The van der Waals surface area contributed by atoms with Gasteiger partial charge < -0.3 is 5.21 Å². The van der Waals surface area contributed by atoms with E-state index in [2.05, 4.69) is 6.08 Å². The van der Waals surface area contributed by atoms with Gasteiger partial charge in [-0.1, -0.05) is 30.7 Å². The molecule has 0 radical (unpaired) electrons. The number of hydroxylamine groups is 2. The van der Waals surface area contributed by atoms with Gasteiger partial charge in [0.2, 0.25) is 0 Å². The number of rotatable bonds is 2. The van der Waals surface area contributed by atoms with Crippen LogP contribution in [0, 0.1) is 0 Å². The van der Waals surface area contributed by atoms with E-state index in [-0.39, 0.29) is 6.04 Å². The van der Waals surface area contributed by atoms with E-state index in [1.165, 1.54) is 11.5 Å². The Hall–Kier alpha value is -0.600. The molecule has 1 N–H and O–H groups in total. The Morgan fingerprint density at radius 3 is 2.83 bits per heavy atom. The smallest absolute Gasteiger partial charge is 0.0533 e. The minimum absolute atomic E-state index is 0.231. The monoisotopic (exact) mass is 167 g/mol. The van der Waals surface area contributed by atoms with E-state index < -0.39 is 0 Å². The molecular formula is C10H17NO. The fraction of sp³-hybridized carbons (Fsp3) is 0.600. The lowest BCUT2D eigenvalue weighted by Crippen LogP contribution is -2.35. The van der Waals surface area contributed by atoms with Crippen molar-refractivity contribution in [3.63, 3.8) is 0 Å². The Labute approximate surface area is 74.1 Å². The van der Waals surface area contributed by atoms with Crippen LogP contribution < -0.4 is 0 Å². The van der Waals surface area contributed by atoms with Gasteiger partial charge in [0.25, 0.3) is 0 Å². The van der Waals surface area contributed by atoms with Gasteiger partial charge in [-0.2, -0.15) is 5.06 Å². The highest BCUT2D eigenvalue weighted by Crippen LogP contribution is 2.15. The third-order valence-corrected chi connectivity index (χ3v) is 2.16. The molecule has 12 heavy (non-hydrogen) atoms. The highest BCUT2D eigenvalue weighted by atomic mass is 16.5. The summed E-state index contributed by atoms with van der Waals surface area (Å²) in [4.78, 5) is 0. The normalized spacial score (nSPS) is 27.3. The molecule has 1 unspecified atom stereocenters. The number of hydrogen-bond donors (Lipinski definition) is 1. The number of allylic oxidation sites excluding steroid dienone is 3. The van der Waals surface area contributed by atoms with Crippen molar-refractivity contribution in [3.05, 3.63) is 24.3 Å². The summed E-state index contributed by atoms with van der Waals surface area (Å²) in [6.07, 6.45) is 11.4. The highest BCUT2D eigenvalue weighted by Gasteiger charge is 2.16. The van der Waals surface area contributed by atoms with E-state index in [9.17, 15) is 5.21 Å². The predicted molar refractivity (Wildman–Crippen MR) is 50.1 cm³/mol. The Morgan fingerprint density at radius 2 is 2.17 bits per heavy atom. The molecule has 1 aliphatic rings. The molecule has 2 heteroatoms. The second-order valence-corrected chi connectivity index (χ2v) is 3.14. The minimum Gasteiger partial charge on any atom is -0.313 e. The standard InChI is InChI=1S/C10H17NO/c1-2-3-4-7-10-8-5-6-9-11(10)12/h2-4,7,10,12H,5-6,8-9H2,1H3. The van der Waals surface area contributed by atoms with Crippen LogP contribution in [0.3, 0.4) is 0 Å². The first kappa shape index (κ1) is 9.49. The van der Waals surface area contributed by atoms with Crippen LogP contribution in [0.1, 0.15) is 26.2 Å². The van der Waals surface area contributed by atoms with E-state index >= 15 is 0 Å². The van der Waals surface area contributed by atoms with Crippen LogP contribution in [0.4, 0.5) is 0 Å². The van der Waals surface area contributed by atoms with Gasteiger partial charge in [0.1, 0.15) is 0 Å². The van der Waals surface area contributed by atoms with Crippen LogP contribution in [-0.2, 0) is 0 Å². The summed E-state index contributed by atoms with van der Waals surface area (Å²) in [6, 6.07) is 0.231. The fourth-order valence-electron chi connectivity index (χ4n) is 1.44. The molecule has 0 bridgehead atoms. The van der Waals surface area contributed by atoms with Crippen LogP contribution in [0.25, 0.3) is 0 Å². The SMILES string of the molecule is CC=CC=CC1CCCCN1O. The third kappa shape index (κ3) is 2.80. The number of piperidine rings is 1. The molecule has 68 valence electrons. The van der Waals surface area contributed by atoms with Crippen LogP contribution in [-0.4, -0.2) is 22.9 Å². The van der Waals surface area contributed by atoms with Gasteiger partial charge in [-0.05, 0) is 19.8 Å². The van der Waals surface area contributed by atoms with Crippen LogP contribution >= 0.6 is 0 Å². The molecular weight excluding hydrogens is 150 g/mol. The lowest BCUT2D eigenvalue weighted by molar-refractivity contribution is -0.127. The van der Waals surface area contributed by atoms with Crippen molar-refractivity contribution in [2.24, 2.45) is 0 Å². The van der Waals surface area contributed by atoms with Gasteiger partial charge in [-0.15, -0.1) is 0 Å². The molecule has 0 aliphatic carbocycles. The van der Waals surface area contributed by atoms with Gasteiger partial charge in [0.05, 0.1) is 6.04 Å². The molecule has 1 atom stereocenters. The van der Waals surface area contributed by atoms with E-state index in [0.29, 0.717) is 0 Å². The summed E-state index contributed by atoms with van der Waals surface area (Å²) in [5.74, 6) is 0. The Balaban J connectivity index is 2.38. The first-order valence-corrected chi connectivity index (χ1v) is 4.59. The predicted octanol–water partition coefficient (Wildman–Crippen LogP) is 2.36. The Morgan fingerprint density at radius 1 is 1.33 bits per heavy atom. The minimum atomic E-state index is 0.231. The number of hydrogen-bond acceptors (Lipinski definition) is 2. The van der Waals surface area contributed by atoms with Crippen LogP contribution in [0.15, 0.2) is 24.3 Å². The lowest BCUT2D eigenvalue weighted by Gasteiger charge is -2.27. The zero-order valence-corrected chi connectivity index (χ0v) is 7.61. The average Bonchev–Trinajstić information content (AvgIpc) is 2.09. The van der Waals surface area contributed by atoms with Crippen molar-refractivity contribution in [2.75, 3.05) is 6.54 Å². The highest BCUT2D eigenvalue weighted by molar-refractivity contribution is 5.05. The van der Waals surface area contributed by atoms with E-state index in [1.807, 2.05) is 25.2 Å². The summed E-state index contributed by atoms with van der Waals surface area (Å²) >= 11 is 0. The summed E-state index contributed by atoms with van der Waals surface area (Å²) in [6.45, 7) is 2.80. The Bertz CT molecular complexity index is 175. The van der Waals surface area contributed by atoms with E-state index in [4.69, 9.17) is 0 Å². The molecule has 0 aromatic rings. The summed E-state index contributed by atoms with van der Waals surface area (Å²) < 4.78 is 0. The van der Waals surface area contributed by atoms with Crippen molar-refractivity contribution in [2.45, 2.75) is 32.2 Å². The quantitative estimate of drug-likeness (QED) is 0.638. The topological polar surface area (TPSA) is 23.5 Å². The second-order valence-electron chi connectivity index (χ2n) is 3.14. The van der Waals surface area contributed by atoms with Crippen molar-refractivity contribution in [1.82, 2.24) is 5.06 Å². The van der Waals surface area contributed by atoms with Crippen molar-refractivity contribution < 1.29 is 5.21 Å². The summed E-state index contributed by atoms with van der Waals surface area (Å²) in [7, 11) is 0. The van der Waals surface area contributed by atoms with Gasteiger partial charge >= 0.3 is 0 Å². The Kier molecular flexibility index (Phi) is 4.05. The lowest BCUT2D eigenvalue weighted by atomic mass is 10.0. The largest absolute Gasteiger partial charge is 0.313 e. The first-order valence-electron chi connectivity index (χ1n) is 4.59. The molecule has 0 aromatic carbocycles. The maximum Gasteiger partial charge on any atom is 0.0533 e. The molecule has 1 aliphatic heterocycles. The van der Waals surface area contributed by atoms with E-state index in [0.717, 1.165) is 19.4 Å². The zero-order chi connectivity index (χ0) is 8.81. The van der Waals surface area contributed by atoms with Crippen molar-refractivity contribution in [1.29, 1.82) is 0 Å². The molecule has 1 rings (SSSR count).